The minimum atomic E-state index is 0.122. The van der Waals surface area contributed by atoms with Crippen LogP contribution < -0.4 is 10.2 Å². The summed E-state index contributed by atoms with van der Waals surface area (Å²) >= 11 is 1.80. The molecule has 0 spiro atoms. The molecule has 1 fully saturated rings. The van der Waals surface area contributed by atoms with Gasteiger partial charge in [0.15, 0.2) is 0 Å². The first-order valence-electron chi connectivity index (χ1n) is 9.96. The quantitative estimate of drug-likeness (QED) is 0.532. The molecular weight excluding hydrogens is 354 g/mol. The fourth-order valence-corrected chi connectivity index (χ4v) is 4.15. The fourth-order valence-electron chi connectivity index (χ4n) is 3.27. The number of pyridine rings is 1. The van der Waals surface area contributed by atoms with Gasteiger partial charge in [-0.2, -0.15) is 0 Å². The number of benzene rings is 1. The highest BCUT2D eigenvalue weighted by Crippen LogP contribution is 2.19. The standard InChI is InChI=1S/C22H29N3OS/c26-22(11-8-16-27-20-9-4-3-5-10-20)24-18-19-12-13-23-21(17-19)25-14-6-1-2-7-15-25/h3-5,9-10,12-13,17H,1-2,6-8,11,14-16,18H2,(H,24,26). The molecular formula is C22H29N3OS. The molecule has 1 aromatic heterocycles. The van der Waals surface area contributed by atoms with E-state index in [2.05, 4.69) is 33.4 Å². The van der Waals surface area contributed by atoms with Crippen LogP contribution in [0.25, 0.3) is 0 Å². The van der Waals surface area contributed by atoms with Crippen molar-refractivity contribution in [2.45, 2.75) is 50.0 Å². The minimum absolute atomic E-state index is 0.122. The number of nitrogens with one attached hydrogen (secondary N) is 1. The Labute approximate surface area is 166 Å². The lowest BCUT2D eigenvalue weighted by molar-refractivity contribution is -0.121. The maximum atomic E-state index is 12.1. The number of carbonyl (C=O) groups excluding carboxylic acids is 1. The number of nitrogens with zero attached hydrogens (tertiary/aromatic N) is 2. The lowest BCUT2D eigenvalue weighted by Crippen LogP contribution is -2.26. The third kappa shape index (κ3) is 6.90. The Kier molecular flexibility index (Phi) is 8.03. The number of thioether (sulfide) groups is 1. The van der Waals surface area contributed by atoms with Crippen LogP contribution in [0.1, 0.15) is 44.1 Å². The van der Waals surface area contributed by atoms with Gasteiger partial charge in [-0.25, -0.2) is 4.98 Å². The first kappa shape index (κ1) is 19.7. The molecule has 0 aliphatic carbocycles. The molecule has 4 nitrogen and oxygen atoms in total. The predicted octanol–water partition coefficient (Wildman–Crippen LogP) is 4.65. The molecule has 1 amide bonds. The van der Waals surface area contributed by atoms with E-state index in [4.69, 9.17) is 0 Å². The van der Waals surface area contributed by atoms with E-state index < -0.39 is 0 Å². The number of aromatic nitrogens is 1. The Hall–Kier alpha value is -2.01. The third-order valence-corrected chi connectivity index (χ3v) is 5.89. The molecule has 27 heavy (non-hydrogen) atoms. The normalized spacial score (nSPS) is 14.6. The van der Waals surface area contributed by atoms with Crippen LogP contribution in [0.3, 0.4) is 0 Å². The summed E-state index contributed by atoms with van der Waals surface area (Å²) in [6.07, 6.45) is 8.43. The molecule has 3 rings (SSSR count). The Morgan fingerprint density at radius 1 is 1.07 bits per heavy atom. The Morgan fingerprint density at radius 3 is 2.63 bits per heavy atom. The van der Waals surface area contributed by atoms with E-state index in [9.17, 15) is 4.79 Å². The van der Waals surface area contributed by atoms with Crippen molar-refractivity contribution < 1.29 is 4.79 Å². The maximum absolute atomic E-state index is 12.1. The summed E-state index contributed by atoms with van der Waals surface area (Å²) in [6, 6.07) is 14.4. The van der Waals surface area contributed by atoms with Crippen LogP contribution in [0, 0.1) is 0 Å². The molecule has 0 radical (unpaired) electrons. The van der Waals surface area contributed by atoms with Gasteiger partial charge in [0.1, 0.15) is 5.82 Å². The highest BCUT2D eigenvalue weighted by molar-refractivity contribution is 7.99. The molecule has 0 unspecified atom stereocenters. The van der Waals surface area contributed by atoms with E-state index in [-0.39, 0.29) is 5.91 Å². The van der Waals surface area contributed by atoms with E-state index in [0.29, 0.717) is 13.0 Å². The van der Waals surface area contributed by atoms with Crippen LogP contribution in [-0.4, -0.2) is 29.7 Å². The second-order valence-electron chi connectivity index (χ2n) is 6.97. The third-order valence-electron chi connectivity index (χ3n) is 4.79. The molecule has 5 heteroatoms. The van der Waals surface area contributed by atoms with E-state index in [1.807, 2.05) is 30.5 Å². The van der Waals surface area contributed by atoms with Gasteiger partial charge in [-0.05, 0) is 54.8 Å². The Morgan fingerprint density at radius 2 is 1.85 bits per heavy atom. The molecule has 2 aromatic rings. The van der Waals surface area contributed by atoms with Crippen LogP contribution >= 0.6 is 11.8 Å². The summed E-state index contributed by atoms with van der Waals surface area (Å²) in [7, 11) is 0. The summed E-state index contributed by atoms with van der Waals surface area (Å²) in [5.41, 5.74) is 1.12. The van der Waals surface area contributed by atoms with Gasteiger partial charge in [-0.1, -0.05) is 31.0 Å². The minimum Gasteiger partial charge on any atom is -0.357 e. The SMILES string of the molecule is O=C(CCCSc1ccccc1)NCc1ccnc(N2CCCCCC2)c1. The topological polar surface area (TPSA) is 45.2 Å². The van der Waals surface area contributed by atoms with Gasteiger partial charge in [0.2, 0.25) is 5.91 Å². The second-order valence-corrected chi connectivity index (χ2v) is 8.13. The van der Waals surface area contributed by atoms with Crippen molar-refractivity contribution >= 4 is 23.5 Å². The summed E-state index contributed by atoms with van der Waals surface area (Å²) in [6.45, 7) is 2.75. The van der Waals surface area contributed by atoms with Crippen molar-refractivity contribution in [3.8, 4) is 0 Å². The molecule has 1 aliphatic heterocycles. The molecule has 1 N–H and O–H groups in total. The number of carbonyl (C=O) groups is 1. The van der Waals surface area contributed by atoms with E-state index in [1.54, 1.807) is 11.8 Å². The van der Waals surface area contributed by atoms with Crippen molar-refractivity contribution in [3.63, 3.8) is 0 Å². The molecule has 1 aliphatic rings. The van der Waals surface area contributed by atoms with Crippen molar-refractivity contribution in [2.24, 2.45) is 0 Å². The average molecular weight is 384 g/mol. The summed E-state index contributed by atoms with van der Waals surface area (Å²) in [4.78, 5) is 20.3. The number of hydrogen-bond acceptors (Lipinski definition) is 4. The maximum Gasteiger partial charge on any atom is 0.220 e. The van der Waals surface area contributed by atoms with Gasteiger partial charge < -0.3 is 10.2 Å². The van der Waals surface area contributed by atoms with Gasteiger partial charge >= 0.3 is 0 Å². The Bertz CT molecular complexity index is 700. The predicted molar refractivity (Wildman–Crippen MR) is 113 cm³/mol. The molecule has 1 saturated heterocycles. The van der Waals surface area contributed by atoms with Gasteiger partial charge in [0.25, 0.3) is 0 Å². The first-order chi connectivity index (χ1) is 13.3. The zero-order valence-corrected chi connectivity index (χ0v) is 16.7. The van der Waals surface area contributed by atoms with E-state index in [0.717, 1.165) is 36.6 Å². The van der Waals surface area contributed by atoms with Gasteiger partial charge in [-0.15, -0.1) is 11.8 Å². The highest BCUT2D eigenvalue weighted by Gasteiger charge is 2.11. The summed E-state index contributed by atoms with van der Waals surface area (Å²) in [5.74, 6) is 2.13. The summed E-state index contributed by atoms with van der Waals surface area (Å²) < 4.78 is 0. The lowest BCUT2D eigenvalue weighted by atomic mass is 10.2. The average Bonchev–Trinajstić information content (AvgIpc) is 3.00. The molecule has 0 saturated carbocycles. The highest BCUT2D eigenvalue weighted by atomic mass is 32.2. The summed E-state index contributed by atoms with van der Waals surface area (Å²) in [5, 5.41) is 3.05. The van der Waals surface area contributed by atoms with Crippen LogP contribution in [0.15, 0.2) is 53.6 Å². The molecule has 0 atom stereocenters. The molecule has 144 valence electrons. The zero-order chi connectivity index (χ0) is 18.7. The van der Waals surface area contributed by atoms with Crippen molar-refractivity contribution in [2.75, 3.05) is 23.7 Å². The van der Waals surface area contributed by atoms with E-state index in [1.165, 1.54) is 30.6 Å². The smallest absolute Gasteiger partial charge is 0.220 e. The molecule has 2 heterocycles. The number of anilines is 1. The van der Waals surface area contributed by atoms with Crippen LogP contribution in [0.4, 0.5) is 5.82 Å². The van der Waals surface area contributed by atoms with Crippen molar-refractivity contribution in [1.82, 2.24) is 10.3 Å². The van der Waals surface area contributed by atoms with Gasteiger partial charge in [0.05, 0.1) is 0 Å². The lowest BCUT2D eigenvalue weighted by Gasteiger charge is -2.21. The zero-order valence-electron chi connectivity index (χ0n) is 15.9. The number of hydrogen-bond donors (Lipinski definition) is 1. The van der Waals surface area contributed by atoms with Crippen LogP contribution in [-0.2, 0) is 11.3 Å². The monoisotopic (exact) mass is 383 g/mol. The largest absolute Gasteiger partial charge is 0.357 e. The van der Waals surface area contributed by atoms with Crippen LogP contribution in [0.2, 0.25) is 0 Å². The molecule has 0 bridgehead atoms. The first-order valence-corrected chi connectivity index (χ1v) is 10.9. The second kappa shape index (κ2) is 11.0. The van der Waals surface area contributed by atoms with Crippen molar-refractivity contribution in [1.29, 1.82) is 0 Å². The van der Waals surface area contributed by atoms with Crippen molar-refractivity contribution in [3.05, 3.63) is 54.2 Å². The van der Waals surface area contributed by atoms with Gasteiger partial charge in [-0.3, -0.25) is 4.79 Å². The van der Waals surface area contributed by atoms with Gasteiger partial charge in [0, 0.05) is 37.1 Å². The fraction of sp³-hybridized carbons (Fsp3) is 0.455. The number of rotatable bonds is 8. The molecule has 1 aromatic carbocycles. The number of amides is 1. The van der Waals surface area contributed by atoms with Crippen LogP contribution in [0.5, 0.6) is 0 Å². The van der Waals surface area contributed by atoms with E-state index >= 15 is 0 Å². The Balaban J connectivity index is 1.38.